The monoisotopic (exact) mass is 262 g/mol. The molecule has 1 amide bonds. The van der Waals surface area contributed by atoms with Gasteiger partial charge in [-0.05, 0) is 18.4 Å². The van der Waals surface area contributed by atoms with E-state index in [4.69, 9.17) is 4.74 Å². The Hall–Kier alpha value is -1.39. The van der Waals surface area contributed by atoms with E-state index in [2.05, 4.69) is 5.32 Å². The minimum absolute atomic E-state index is 0.113. The molecule has 4 heteroatoms. The topological polar surface area (TPSA) is 41.6 Å². The third kappa shape index (κ3) is 4.65. The maximum atomic E-state index is 11.9. The number of nitrogens with one attached hydrogen (secondary N) is 1. The Bertz CT molecular complexity index is 388. The van der Waals surface area contributed by atoms with Gasteiger partial charge in [0.05, 0.1) is 12.6 Å². The minimum atomic E-state index is 0.113. The maximum Gasteiger partial charge on any atom is 0.236 e. The average Bonchev–Trinajstić information content (AvgIpc) is 2.93. The lowest BCUT2D eigenvalue weighted by atomic mass is 10.2. The predicted molar refractivity (Wildman–Crippen MR) is 74.8 cm³/mol. The Balaban J connectivity index is 1.67. The number of hydrogen-bond donors (Lipinski definition) is 1. The molecule has 0 radical (unpaired) electrons. The van der Waals surface area contributed by atoms with Crippen molar-refractivity contribution in [3.63, 3.8) is 0 Å². The van der Waals surface area contributed by atoms with Crippen molar-refractivity contribution < 1.29 is 9.53 Å². The summed E-state index contributed by atoms with van der Waals surface area (Å²) in [5.74, 6) is 0.113. The van der Waals surface area contributed by atoms with Crippen LogP contribution in [-0.2, 0) is 16.1 Å². The van der Waals surface area contributed by atoms with Gasteiger partial charge in [-0.25, -0.2) is 0 Å². The zero-order chi connectivity index (χ0) is 13.5. The van der Waals surface area contributed by atoms with Gasteiger partial charge in [-0.1, -0.05) is 30.3 Å². The molecule has 1 heterocycles. The molecule has 19 heavy (non-hydrogen) atoms. The summed E-state index contributed by atoms with van der Waals surface area (Å²) in [5, 5.41) is 3.18. The molecule has 1 saturated heterocycles. The molecule has 1 fully saturated rings. The van der Waals surface area contributed by atoms with E-state index in [0.717, 1.165) is 31.6 Å². The van der Waals surface area contributed by atoms with Gasteiger partial charge in [-0.15, -0.1) is 0 Å². The van der Waals surface area contributed by atoms with Gasteiger partial charge in [0.25, 0.3) is 0 Å². The fourth-order valence-corrected chi connectivity index (χ4v) is 2.23. The Morgan fingerprint density at radius 2 is 2.21 bits per heavy atom. The van der Waals surface area contributed by atoms with Crippen molar-refractivity contribution in [3.05, 3.63) is 35.9 Å². The molecule has 4 nitrogen and oxygen atoms in total. The fraction of sp³-hybridized carbons (Fsp3) is 0.533. The molecule has 1 aliphatic heterocycles. The molecule has 2 rings (SSSR count). The molecular weight excluding hydrogens is 240 g/mol. The lowest BCUT2D eigenvalue weighted by Gasteiger charge is -2.18. The summed E-state index contributed by atoms with van der Waals surface area (Å²) >= 11 is 0. The van der Waals surface area contributed by atoms with Gasteiger partial charge in [0, 0.05) is 26.7 Å². The van der Waals surface area contributed by atoms with Gasteiger partial charge in [-0.3, -0.25) is 4.79 Å². The molecule has 0 aromatic heterocycles. The van der Waals surface area contributed by atoms with Crippen molar-refractivity contribution in [1.82, 2.24) is 10.2 Å². The van der Waals surface area contributed by atoms with Crippen LogP contribution in [0.5, 0.6) is 0 Å². The lowest BCUT2D eigenvalue weighted by Crippen LogP contribution is -2.38. The van der Waals surface area contributed by atoms with E-state index in [9.17, 15) is 4.79 Å². The van der Waals surface area contributed by atoms with Gasteiger partial charge in [0.1, 0.15) is 0 Å². The summed E-state index contributed by atoms with van der Waals surface area (Å²) in [4.78, 5) is 13.7. The number of hydrogen-bond acceptors (Lipinski definition) is 3. The highest BCUT2D eigenvalue weighted by Gasteiger charge is 2.16. The summed E-state index contributed by atoms with van der Waals surface area (Å²) in [6, 6.07) is 10.0. The van der Waals surface area contributed by atoms with E-state index in [1.54, 1.807) is 4.90 Å². The van der Waals surface area contributed by atoms with E-state index in [1.807, 2.05) is 37.4 Å². The van der Waals surface area contributed by atoms with Crippen LogP contribution in [0.4, 0.5) is 0 Å². The van der Waals surface area contributed by atoms with Crippen LogP contribution in [0.25, 0.3) is 0 Å². The maximum absolute atomic E-state index is 11.9. The van der Waals surface area contributed by atoms with E-state index in [0.29, 0.717) is 13.1 Å². The first-order chi connectivity index (χ1) is 9.25. The van der Waals surface area contributed by atoms with Crippen molar-refractivity contribution in [3.8, 4) is 0 Å². The Kier molecular flexibility index (Phi) is 5.36. The quantitative estimate of drug-likeness (QED) is 0.843. The molecule has 1 aliphatic rings. The first kappa shape index (κ1) is 14.0. The second-order valence-corrected chi connectivity index (χ2v) is 5.00. The number of ether oxygens (including phenoxy) is 1. The number of amides is 1. The number of rotatable bonds is 6. The first-order valence-corrected chi connectivity index (χ1v) is 6.86. The third-order valence-electron chi connectivity index (χ3n) is 3.36. The van der Waals surface area contributed by atoms with E-state index < -0.39 is 0 Å². The standard InChI is InChI=1S/C15H22N2O2/c1-17(12-13-6-3-2-4-7-13)15(18)11-16-10-14-8-5-9-19-14/h2-4,6-7,14,16H,5,8-12H2,1H3. The molecular formula is C15H22N2O2. The van der Waals surface area contributed by atoms with Gasteiger partial charge in [0.15, 0.2) is 0 Å². The number of nitrogens with zero attached hydrogens (tertiary/aromatic N) is 1. The summed E-state index contributed by atoms with van der Waals surface area (Å²) < 4.78 is 5.50. The second-order valence-electron chi connectivity index (χ2n) is 5.00. The van der Waals surface area contributed by atoms with E-state index >= 15 is 0 Å². The van der Waals surface area contributed by atoms with E-state index in [-0.39, 0.29) is 12.0 Å². The van der Waals surface area contributed by atoms with E-state index in [1.165, 1.54) is 0 Å². The van der Waals surface area contributed by atoms with Crippen molar-refractivity contribution >= 4 is 5.91 Å². The molecule has 0 spiro atoms. The van der Waals surface area contributed by atoms with Crippen LogP contribution >= 0.6 is 0 Å². The van der Waals surface area contributed by atoms with Gasteiger partial charge < -0.3 is 15.0 Å². The second kappa shape index (κ2) is 7.26. The van der Waals surface area contributed by atoms with Crippen LogP contribution in [0.3, 0.4) is 0 Å². The molecule has 0 bridgehead atoms. The molecule has 1 N–H and O–H groups in total. The summed E-state index contributed by atoms with van der Waals surface area (Å²) in [6.45, 7) is 2.66. The Labute approximate surface area is 114 Å². The van der Waals surface area contributed by atoms with Crippen molar-refractivity contribution in [1.29, 1.82) is 0 Å². The van der Waals surface area contributed by atoms with Crippen molar-refractivity contribution in [2.45, 2.75) is 25.5 Å². The van der Waals surface area contributed by atoms with Crippen LogP contribution < -0.4 is 5.32 Å². The Morgan fingerprint density at radius 3 is 2.89 bits per heavy atom. The first-order valence-electron chi connectivity index (χ1n) is 6.86. The normalized spacial score (nSPS) is 18.5. The van der Waals surface area contributed by atoms with Crippen LogP contribution in [0.2, 0.25) is 0 Å². The molecule has 1 unspecified atom stereocenters. The lowest BCUT2D eigenvalue weighted by molar-refractivity contribution is -0.129. The molecule has 1 aromatic carbocycles. The van der Waals surface area contributed by atoms with Crippen LogP contribution in [0, 0.1) is 0 Å². The Morgan fingerprint density at radius 1 is 1.42 bits per heavy atom. The zero-order valence-electron chi connectivity index (χ0n) is 11.5. The number of likely N-dealkylation sites (N-methyl/N-ethyl adjacent to an activating group) is 1. The highest BCUT2D eigenvalue weighted by molar-refractivity contribution is 5.77. The number of benzene rings is 1. The van der Waals surface area contributed by atoms with Crippen LogP contribution in [-0.4, -0.2) is 43.7 Å². The van der Waals surface area contributed by atoms with Gasteiger partial charge in [0.2, 0.25) is 5.91 Å². The van der Waals surface area contributed by atoms with Crippen molar-refractivity contribution in [2.75, 3.05) is 26.7 Å². The molecule has 104 valence electrons. The average molecular weight is 262 g/mol. The largest absolute Gasteiger partial charge is 0.377 e. The fourth-order valence-electron chi connectivity index (χ4n) is 2.23. The smallest absolute Gasteiger partial charge is 0.236 e. The van der Waals surface area contributed by atoms with Crippen molar-refractivity contribution in [2.24, 2.45) is 0 Å². The highest BCUT2D eigenvalue weighted by atomic mass is 16.5. The molecule has 1 aromatic rings. The summed E-state index contributed by atoms with van der Waals surface area (Å²) in [6.07, 6.45) is 2.52. The zero-order valence-corrected chi connectivity index (χ0v) is 11.5. The predicted octanol–water partition coefficient (Wildman–Crippen LogP) is 1.41. The molecule has 1 atom stereocenters. The van der Waals surface area contributed by atoms with Gasteiger partial charge >= 0.3 is 0 Å². The number of carbonyl (C=O) groups is 1. The SMILES string of the molecule is CN(Cc1ccccc1)C(=O)CNCC1CCCO1. The highest BCUT2D eigenvalue weighted by Crippen LogP contribution is 2.10. The number of carbonyl (C=O) groups excluding carboxylic acids is 1. The van der Waals surface area contributed by atoms with Crippen LogP contribution in [0.15, 0.2) is 30.3 Å². The molecule has 0 aliphatic carbocycles. The molecule has 0 saturated carbocycles. The minimum Gasteiger partial charge on any atom is -0.377 e. The summed E-state index contributed by atoms with van der Waals surface area (Å²) in [7, 11) is 1.84. The third-order valence-corrected chi connectivity index (χ3v) is 3.36. The van der Waals surface area contributed by atoms with Crippen LogP contribution in [0.1, 0.15) is 18.4 Å². The van der Waals surface area contributed by atoms with Gasteiger partial charge in [-0.2, -0.15) is 0 Å². The summed E-state index contributed by atoms with van der Waals surface area (Å²) in [5.41, 5.74) is 1.15.